The average molecular weight is 378 g/mol. The first-order chi connectivity index (χ1) is 12.4. The van der Waals surface area contributed by atoms with Gasteiger partial charge in [-0.25, -0.2) is 14.5 Å². The van der Waals surface area contributed by atoms with Gasteiger partial charge in [-0.3, -0.25) is 0 Å². The SMILES string of the molecule is CCOC(=O)c1cc(-c2cccnc2OC)nn1COCC[Si](C)(C)C. The molecule has 0 unspecified atom stereocenters. The Morgan fingerprint density at radius 1 is 1.31 bits per heavy atom. The summed E-state index contributed by atoms with van der Waals surface area (Å²) in [6.45, 7) is 9.79. The molecule has 0 spiro atoms. The number of esters is 1. The van der Waals surface area contributed by atoms with Crippen LogP contribution in [0.3, 0.4) is 0 Å². The normalized spacial score (nSPS) is 11.4. The summed E-state index contributed by atoms with van der Waals surface area (Å²) in [6, 6.07) is 6.37. The average Bonchev–Trinajstić information content (AvgIpc) is 3.02. The molecule has 2 aromatic rings. The number of aromatic nitrogens is 3. The quantitative estimate of drug-likeness (QED) is 0.378. The van der Waals surface area contributed by atoms with Crippen LogP contribution in [0.4, 0.5) is 0 Å². The molecule has 0 aliphatic heterocycles. The van der Waals surface area contributed by atoms with E-state index < -0.39 is 14.0 Å². The molecular weight excluding hydrogens is 350 g/mol. The highest BCUT2D eigenvalue weighted by molar-refractivity contribution is 6.76. The fourth-order valence-corrected chi connectivity index (χ4v) is 3.05. The molecule has 7 nitrogen and oxygen atoms in total. The zero-order chi connectivity index (χ0) is 19.2. The van der Waals surface area contributed by atoms with Gasteiger partial charge >= 0.3 is 5.97 Å². The number of hydrogen-bond donors (Lipinski definition) is 0. The van der Waals surface area contributed by atoms with Gasteiger partial charge in [0.15, 0.2) is 0 Å². The maximum Gasteiger partial charge on any atom is 0.356 e. The zero-order valence-corrected chi connectivity index (χ0v) is 17.1. The van der Waals surface area contributed by atoms with Crippen LogP contribution in [0.1, 0.15) is 17.4 Å². The molecule has 2 rings (SSSR count). The Balaban J connectivity index is 2.25. The summed E-state index contributed by atoms with van der Waals surface area (Å²) in [4.78, 5) is 16.5. The van der Waals surface area contributed by atoms with Gasteiger partial charge in [0, 0.05) is 20.9 Å². The predicted molar refractivity (Wildman–Crippen MR) is 102 cm³/mol. The minimum atomic E-state index is -1.17. The van der Waals surface area contributed by atoms with E-state index in [4.69, 9.17) is 14.2 Å². The highest BCUT2D eigenvalue weighted by Crippen LogP contribution is 2.27. The molecule has 0 aliphatic rings. The zero-order valence-electron chi connectivity index (χ0n) is 16.1. The van der Waals surface area contributed by atoms with Crippen LogP contribution in [-0.2, 0) is 16.2 Å². The molecule has 2 aromatic heterocycles. The second kappa shape index (κ2) is 8.95. The maximum atomic E-state index is 12.3. The third-order valence-corrected chi connectivity index (χ3v) is 5.42. The summed E-state index contributed by atoms with van der Waals surface area (Å²) in [6.07, 6.45) is 1.64. The molecule has 142 valence electrons. The number of pyridine rings is 1. The Bertz CT molecular complexity index is 740. The van der Waals surface area contributed by atoms with Gasteiger partial charge in [0.2, 0.25) is 5.88 Å². The van der Waals surface area contributed by atoms with E-state index in [0.717, 1.165) is 6.04 Å². The summed E-state index contributed by atoms with van der Waals surface area (Å²) in [5.74, 6) is 0.0233. The summed E-state index contributed by atoms with van der Waals surface area (Å²) in [7, 11) is 0.376. The smallest absolute Gasteiger partial charge is 0.356 e. The highest BCUT2D eigenvalue weighted by Gasteiger charge is 2.20. The van der Waals surface area contributed by atoms with E-state index in [-0.39, 0.29) is 6.73 Å². The monoisotopic (exact) mass is 377 g/mol. The Morgan fingerprint density at radius 3 is 2.73 bits per heavy atom. The van der Waals surface area contributed by atoms with Crippen molar-refractivity contribution in [3.05, 3.63) is 30.1 Å². The van der Waals surface area contributed by atoms with Crippen molar-refractivity contribution in [3.63, 3.8) is 0 Å². The number of carbonyl (C=O) groups excluding carboxylic acids is 1. The van der Waals surface area contributed by atoms with Gasteiger partial charge < -0.3 is 14.2 Å². The summed E-state index contributed by atoms with van der Waals surface area (Å²) in [5, 5.41) is 4.51. The van der Waals surface area contributed by atoms with E-state index in [1.807, 2.05) is 6.07 Å². The lowest BCUT2D eigenvalue weighted by atomic mass is 10.2. The van der Waals surface area contributed by atoms with Crippen molar-refractivity contribution < 1.29 is 19.0 Å². The predicted octanol–water partition coefficient (Wildman–Crippen LogP) is 3.44. The van der Waals surface area contributed by atoms with Crippen LogP contribution in [0, 0.1) is 0 Å². The van der Waals surface area contributed by atoms with Crippen LogP contribution in [0.5, 0.6) is 5.88 Å². The minimum absolute atomic E-state index is 0.196. The molecule has 8 heteroatoms. The van der Waals surface area contributed by atoms with Crippen LogP contribution in [0.15, 0.2) is 24.4 Å². The van der Waals surface area contributed by atoms with E-state index >= 15 is 0 Å². The number of hydrogen-bond acceptors (Lipinski definition) is 6. The molecule has 0 aliphatic carbocycles. The first-order valence-electron chi connectivity index (χ1n) is 8.68. The molecule has 0 N–H and O–H groups in total. The Kier molecular flexibility index (Phi) is 6.93. The molecule has 0 radical (unpaired) electrons. The topological polar surface area (TPSA) is 75.5 Å². The molecule has 26 heavy (non-hydrogen) atoms. The van der Waals surface area contributed by atoms with Gasteiger partial charge in [0.05, 0.1) is 25.0 Å². The summed E-state index contributed by atoms with van der Waals surface area (Å²) >= 11 is 0. The van der Waals surface area contributed by atoms with Crippen molar-refractivity contribution in [2.75, 3.05) is 20.3 Å². The van der Waals surface area contributed by atoms with Gasteiger partial charge in [-0.2, -0.15) is 5.10 Å². The number of nitrogens with zero attached hydrogens (tertiary/aromatic N) is 3. The third kappa shape index (κ3) is 5.40. The van der Waals surface area contributed by atoms with E-state index in [2.05, 4.69) is 29.7 Å². The van der Waals surface area contributed by atoms with E-state index in [9.17, 15) is 4.79 Å². The molecule has 0 fully saturated rings. The molecular formula is C18H27N3O4Si. The lowest BCUT2D eigenvalue weighted by Crippen LogP contribution is -2.22. The van der Waals surface area contributed by atoms with Crippen molar-refractivity contribution >= 4 is 14.0 Å². The summed E-state index contributed by atoms with van der Waals surface area (Å²) < 4.78 is 17.7. The van der Waals surface area contributed by atoms with Crippen LogP contribution in [-0.4, -0.2) is 49.1 Å². The Morgan fingerprint density at radius 2 is 2.08 bits per heavy atom. The first kappa shape index (κ1) is 20.1. The molecule has 0 saturated heterocycles. The standard InChI is InChI=1S/C18H27N3O4Si/c1-6-25-18(22)16-12-15(14-8-7-9-19-17(14)23-2)20-21(16)13-24-10-11-26(3,4)5/h7-9,12H,6,10-11,13H2,1-5H3. The molecule has 0 aromatic carbocycles. The second-order valence-electron chi connectivity index (χ2n) is 7.04. The number of carbonyl (C=O) groups is 1. The van der Waals surface area contributed by atoms with Crippen LogP contribution < -0.4 is 4.74 Å². The van der Waals surface area contributed by atoms with Gasteiger partial charge in [-0.05, 0) is 31.2 Å². The van der Waals surface area contributed by atoms with Crippen molar-refractivity contribution in [1.29, 1.82) is 0 Å². The lowest BCUT2D eigenvalue weighted by molar-refractivity contribution is 0.0455. The number of rotatable bonds is 9. The second-order valence-corrected chi connectivity index (χ2v) is 12.7. The summed E-state index contributed by atoms with van der Waals surface area (Å²) in [5.41, 5.74) is 1.65. The largest absolute Gasteiger partial charge is 0.481 e. The number of methoxy groups -OCH3 is 1. The fraction of sp³-hybridized carbons (Fsp3) is 0.500. The molecule has 0 saturated carbocycles. The lowest BCUT2D eigenvalue weighted by Gasteiger charge is -2.15. The highest BCUT2D eigenvalue weighted by atomic mass is 28.3. The van der Waals surface area contributed by atoms with Crippen molar-refractivity contribution in [3.8, 4) is 17.1 Å². The van der Waals surface area contributed by atoms with Crippen molar-refractivity contribution in [2.24, 2.45) is 0 Å². The van der Waals surface area contributed by atoms with Gasteiger partial charge in [-0.1, -0.05) is 19.6 Å². The minimum Gasteiger partial charge on any atom is -0.481 e. The number of ether oxygens (including phenoxy) is 3. The Hall–Kier alpha value is -2.19. The first-order valence-corrected chi connectivity index (χ1v) is 12.4. The van der Waals surface area contributed by atoms with E-state index in [1.165, 1.54) is 4.68 Å². The van der Waals surface area contributed by atoms with Crippen molar-refractivity contribution in [2.45, 2.75) is 39.3 Å². The Labute approximate surface area is 155 Å². The maximum absolute atomic E-state index is 12.3. The van der Waals surface area contributed by atoms with E-state index in [0.29, 0.717) is 36.0 Å². The van der Waals surface area contributed by atoms with Crippen LogP contribution in [0.2, 0.25) is 25.7 Å². The fourth-order valence-electron chi connectivity index (χ4n) is 2.29. The molecule has 0 bridgehead atoms. The van der Waals surface area contributed by atoms with Crippen molar-refractivity contribution in [1.82, 2.24) is 14.8 Å². The molecule has 0 amide bonds. The van der Waals surface area contributed by atoms with Crippen LogP contribution >= 0.6 is 0 Å². The third-order valence-electron chi connectivity index (χ3n) is 3.71. The van der Waals surface area contributed by atoms with Gasteiger partial charge in [0.1, 0.15) is 12.4 Å². The van der Waals surface area contributed by atoms with Gasteiger partial charge in [0.25, 0.3) is 0 Å². The molecule has 2 heterocycles. The molecule has 0 atom stereocenters. The van der Waals surface area contributed by atoms with E-state index in [1.54, 1.807) is 32.4 Å². The van der Waals surface area contributed by atoms with Crippen LogP contribution in [0.25, 0.3) is 11.3 Å². The van der Waals surface area contributed by atoms with Gasteiger partial charge in [-0.15, -0.1) is 0 Å².